The molecule has 1 aromatic carbocycles. The molecule has 0 unspecified atom stereocenters. The molecule has 112 valence electrons. The molecule has 0 amide bonds. The van der Waals surface area contributed by atoms with Gasteiger partial charge in [0.1, 0.15) is 0 Å². The summed E-state index contributed by atoms with van der Waals surface area (Å²) in [7, 11) is 0. The molecule has 0 fully saturated rings. The highest BCUT2D eigenvalue weighted by Crippen LogP contribution is 2.42. The van der Waals surface area contributed by atoms with Gasteiger partial charge in [0.15, 0.2) is 11.5 Å². The van der Waals surface area contributed by atoms with Crippen molar-refractivity contribution in [3.8, 4) is 11.5 Å². The summed E-state index contributed by atoms with van der Waals surface area (Å²) in [6, 6.07) is 6.80. The number of hydrogen-bond donors (Lipinski definition) is 1. The predicted octanol–water partition coefficient (Wildman–Crippen LogP) is 3.40. The number of anilines is 1. The van der Waals surface area contributed by atoms with Crippen LogP contribution >= 0.6 is 0 Å². The van der Waals surface area contributed by atoms with Crippen molar-refractivity contribution < 1.29 is 18.3 Å². The van der Waals surface area contributed by atoms with E-state index in [-0.39, 0.29) is 11.5 Å². The quantitative estimate of drug-likeness (QED) is 0.939. The second-order valence-corrected chi connectivity index (χ2v) is 5.06. The number of aromatic nitrogens is 2. The molecule has 1 aliphatic heterocycles. The number of halogens is 2. The zero-order chi connectivity index (χ0) is 15.0. The van der Waals surface area contributed by atoms with Gasteiger partial charge < -0.3 is 14.8 Å². The van der Waals surface area contributed by atoms with E-state index in [0.29, 0.717) is 18.3 Å². The average Bonchev–Trinajstić information content (AvgIpc) is 2.98. The molecule has 2 heterocycles. The number of fused-ring (bicyclic) bond motifs is 1. The molecule has 0 saturated heterocycles. The lowest BCUT2D eigenvalue weighted by atomic mass is 10.2. The normalized spacial score (nSPS) is 15.5. The van der Waals surface area contributed by atoms with Gasteiger partial charge in [0.05, 0.1) is 12.2 Å². The lowest BCUT2D eigenvalue weighted by Crippen LogP contribution is -2.25. The highest BCUT2D eigenvalue weighted by atomic mass is 19.3. The first kappa shape index (κ1) is 13.7. The van der Waals surface area contributed by atoms with Gasteiger partial charge >= 0.3 is 6.29 Å². The monoisotopic (exact) mass is 295 g/mol. The van der Waals surface area contributed by atoms with Crippen LogP contribution in [0.15, 0.2) is 30.5 Å². The summed E-state index contributed by atoms with van der Waals surface area (Å²) < 4.78 is 36.4. The Kier molecular flexibility index (Phi) is 3.19. The minimum Gasteiger partial charge on any atom is -0.395 e. The van der Waals surface area contributed by atoms with Crippen LogP contribution in [0.1, 0.15) is 25.6 Å². The molecule has 5 nitrogen and oxygen atoms in total. The number of rotatable bonds is 4. The van der Waals surface area contributed by atoms with Gasteiger partial charge in [0, 0.05) is 24.0 Å². The molecule has 0 spiro atoms. The standard InChI is InChI=1S/C14H15F2N3O2/c1-9(2)19-6-5-11(18-19)8-17-10-3-4-12-13(7-10)21-14(15,16)20-12/h3-7,9,17H,8H2,1-2H3. The topological polar surface area (TPSA) is 48.3 Å². The summed E-state index contributed by atoms with van der Waals surface area (Å²) in [5.74, 6) is 0.0624. The average molecular weight is 295 g/mol. The molecule has 0 atom stereocenters. The van der Waals surface area contributed by atoms with Crippen LogP contribution in [-0.4, -0.2) is 16.1 Å². The van der Waals surface area contributed by atoms with Crippen molar-refractivity contribution in [1.29, 1.82) is 0 Å². The molecule has 7 heteroatoms. The summed E-state index contributed by atoms with van der Waals surface area (Å²) in [5.41, 5.74) is 1.53. The van der Waals surface area contributed by atoms with Gasteiger partial charge in [0.2, 0.25) is 0 Å². The molecule has 0 aliphatic carbocycles. The fourth-order valence-corrected chi connectivity index (χ4v) is 2.01. The second kappa shape index (κ2) is 4.91. The molecular formula is C14H15F2N3O2. The highest BCUT2D eigenvalue weighted by Gasteiger charge is 2.43. The van der Waals surface area contributed by atoms with Gasteiger partial charge in [-0.25, -0.2) is 0 Å². The third-order valence-corrected chi connectivity index (χ3v) is 3.07. The smallest absolute Gasteiger partial charge is 0.395 e. The van der Waals surface area contributed by atoms with Crippen LogP contribution in [0.25, 0.3) is 0 Å². The minimum atomic E-state index is -3.59. The molecule has 0 radical (unpaired) electrons. The Morgan fingerprint density at radius 3 is 2.71 bits per heavy atom. The first-order chi connectivity index (χ1) is 9.93. The largest absolute Gasteiger partial charge is 0.586 e. The van der Waals surface area contributed by atoms with Crippen LogP contribution in [0, 0.1) is 0 Å². The van der Waals surface area contributed by atoms with Crippen molar-refractivity contribution in [2.75, 3.05) is 5.32 Å². The van der Waals surface area contributed by atoms with E-state index in [1.54, 1.807) is 6.07 Å². The predicted molar refractivity (Wildman–Crippen MR) is 72.6 cm³/mol. The van der Waals surface area contributed by atoms with Crippen molar-refractivity contribution in [3.05, 3.63) is 36.2 Å². The number of nitrogens with zero attached hydrogens (tertiary/aromatic N) is 2. The van der Waals surface area contributed by atoms with Crippen LogP contribution < -0.4 is 14.8 Å². The third kappa shape index (κ3) is 2.91. The molecule has 0 saturated carbocycles. The van der Waals surface area contributed by atoms with Gasteiger partial charge in [-0.1, -0.05) is 0 Å². The molecule has 0 bridgehead atoms. The maximum absolute atomic E-state index is 12.9. The van der Waals surface area contributed by atoms with Crippen LogP contribution in [0.3, 0.4) is 0 Å². The Bertz CT molecular complexity index is 655. The molecular weight excluding hydrogens is 280 g/mol. The van der Waals surface area contributed by atoms with E-state index in [1.165, 1.54) is 12.1 Å². The Morgan fingerprint density at radius 1 is 1.24 bits per heavy atom. The first-order valence-electron chi connectivity index (χ1n) is 6.61. The molecule has 1 N–H and O–H groups in total. The van der Waals surface area contributed by atoms with E-state index < -0.39 is 6.29 Å². The van der Waals surface area contributed by atoms with Crippen molar-refractivity contribution in [2.45, 2.75) is 32.7 Å². The molecule has 1 aromatic heterocycles. The van der Waals surface area contributed by atoms with Crippen LogP contribution in [0.2, 0.25) is 0 Å². The highest BCUT2D eigenvalue weighted by molar-refractivity contribution is 5.56. The summed E-state index contributed by atoms with van der Waals surface area (Å²) in [6.07, 6.45) is -1.68. The Morgan fingerprint density at radius 2 is 2.00 bits per heavy atom. The third-order valence-electron chi connectivity index (χ3n) is 3.07. The maximum Gasteiger partial charge on any atom is 0.586 e. The summed E-state index contributed by atoms with van der Waals surface area (Å²) in [6.45, 7) is 4.58. The molecule has 21 heavy (non-hydrogen) atoms. The van der Waals surface area contributed by atoms with Gasteiger partial charge in [-0.2, -0.15) is 5.10 Å². The summed E-state index contributed by atoms with van der Waals surface area (Å²) in [5, 5.41) is 7.51. The van der Waals surface area contributed by atoms with E-state index in [2.05, 4.69) is 19.9 Å². The zero-order valence-corrected chi connectivity index (χ0v) is 11.6. The SMILES string of the molecule is CC(C)n1ccc(CNc2ccc3c(c2)OC(F)(F)O3)n1. The van der Waals surface area contributed by atoms with Gasteiger partial charge in [0.25, 0.3) is 0 Å². The number of nitrogens with one attached hydrogen (secondary N) is 1. The van der Waals surface area contributed by atoms with Crippen molar-refractivity contribution >= 4 is 5.69 Å². The van der Waals surface area contributed by atoms with E-state index >= 15 is 0 Å². The Balaban J connectivity index is 1.66. The van der Waals surface area contributed by atoms with Crippen LogP contribution in [0.4, 0.5) is 14.5 Å². The Hall–Kier alpha value is -2.31. The van der Waals surface area contributed by atoms with E-state index in [9.17, 15) is 8.78 Å². The number of benzene rings is 1. The van der Waals surface area contributed by atoms with Crippen molar-refractivity contribution in [3.63, 3.8) is 0 Å². The molecule has 2 aromatic rings. The van der Waals surface area contributed by atoms with Crippen molar-refractivity contribution in [1.82, 2.24) is 9.78 Å². The fraction of sp³-hybridized carbons (Fsp3) is 0.357. The second-order valence-electron chi connectivity index (χ2n) is 5.06. The lowest BCUT2D eigenvalue weighted by molar-refractivity contribution is -0.286. The number of hydrogen-bond acceptors (Lipinski definition) is 4. The van der Waals surface area contributed by atoms with Gasteiger partial charge in [-0.3, -0.25) is 4.68 Å². The number of ether oxygens (including phenoxy) is 2. The van der Waals surface area contributed by atoms with Crippen molar-refractivity contribution in [2.24, 2.45) is 0 Å². The maximum atomic E-state index is 12.9. The molecule has 1 aliphatic rings. The Labute approximate surface area is 120 Å². The first-order valence-corrected chi connectivity index (χ1v) is 6.61. The summed E-state index contributed by atoms with van der Waals surface area (Å²) >= 11 is 0. The molecule has 3 rings (SSSR count). The van der Waals surface area contributed by atoms with Gasteiger partial charge in [-0.15, -0.1) is 8.78 Å². The summed E-state index contributed by atoms with van der Waals surface area (Å²) in [4.78, 5) is 0. The van der Waals surface area contributed by atoms with Crippen LogP contribution in [0.5, 0.6) is 11.5 Å². The fourth-order valence-electron chi connectivity index (χ4n) is 2.01. The van der Waals surface area contributed by atoms with E-state index in [4.69, 9.17) is 0 Å². The minimum absolute atomic E-state index is 0.0257. The van der Waals surface area contributed by atoms with Crippen LogP contribution in [-0.2, 0) is 6.54 Å². The van der Waals surface area contributed by atoms with E-state index in [1.807, 2.05) is 30.8 Å². The van der Waals surface area contributed by atoms with Gasteiger partial charge in [-0.05, 0) is 32.0 Å². The lowest BCUT2D eigenvalue weighted by Gasteiger charge is -2.06. The number of alkyl halides is 2. The zero-order valence-electron chi connectivity index (χ0n) is 11.6. The van der Waals surface area contributed by atoms with E-state index in [0.717, 1.165) is 5.69 Å².